The first-order valence-corrected chi connectivity index (χ1v) is 6.22. The smallest absolute Gasteiger partial charge is 0.200 e. The van der Waals surface area contributed by atoms with Crippen LogP contribution in [-0.4, -0.2) is 44.5 Å². The summed E-state index contributed by atoms with van der Waals surface area (Å²) in [6.07, 6.45) is 2.20. The molecular weight excluding hydrogens is 232 g/mol. The van der Waals surface area contributed by atoms with E-state index in [-0.39, 0.29) is 0 Å². The molecule has 0 aromatic carbocycles. The summed E-state index contributed by atoms with van der Waals surface area (Å²) in [6.45, 7) is 3.90. The van der Waals surface area contributed by atoms with Gasteiger partial charge in [-0.05, 0) is 48.2 Å². The molecule has 96 valence electrons. The van der Waals surface area contributed by atoms with Crippen LogP contribution in [0.15, 0.2) is 12.1 Å². The maximum Gasteiger partial charge on any atom is 0.200 e. The van der Waals surface area contributed by atoms with Crippen LogP contribution in [0, 0.1) is 5.92 Å². The molecule has 1 unspecified atom stereocenters. The Morgan fingerprint density at radius 2 is 2.22 bits per heavy atom. The van der Waals surface area contributed by atoms with E-state index in [0.717, 1.165) is 31.9 Å². The van der Waals surface area contributed by atoms with E-state index in [1.165, 1.54) is 4.63 Å². The molecule has 2 aromatic heterocycles. The van der Waals surface area contributed by atoms with Crippen molar-refractivity contribution in [1.82, 2.24) is 25.3 Å². The van der Waals surface area contributed by atoms with Crippen molar-refractivity contribution in [3.05, 3.63) is 12.1 Å². The van der Waals surface area contributed by atoms with Crippen molar-refractivity contribution in [3.63, 3.8) is 0 Å². The van der Waals surface area contributed by atoms with Crippen LogP contribution >= 0.6 is 0 Å². The van der Waals surface area contributed by atoms with Crippen molar-refractivity contribution in [3.8, 4) is 0 Å². The summed E-state index contributed by atoms with van der Waals surface area (Å²) in [5.41, 5.74) is 0.652. The van der Waals surface area contributed by atoms with Gasteiger partial charge < -0.3 is 10.1 Å². The summed E-state index contributed by atoms with van der Waals surface area (Å²) in [4.78, 5) is 0. The zero-order chi connectivity index (χ0) is 12.4. The molecule has 2 aromatic rings. The third kappa shape index (κ3) is 2.26. The quantitative estimate of drug-likeness (QED) is 0.863. The summed E-state index contributed by atoms with van der Waals surface area (Å²) in [5, 5.41) is 18.9. The number of nitrogens with zero attached hydrogens (tertiary/aromatic N) is 5. The second-order valence-electron chi connectivity index (χ2n) is 4.63. The molecule has 0 spiro atoms. The molecule has 3 heterocycles. The first-order chi connectivity index (χ1) is 8.83. The topological polar surface area (TPSA) is 77.2 Å². The van der Waals surface area contributed by atoms with E-state index in [1.54, 1.807) is 0 Å². The Morgan fingerprint density at radius 3 is 3.06 bits per heavy atom. The van der Waals surface area contributed by atoms with Gasteiger partial charge in [0.25, 0.3) is 0 Å². The molecule has 1 N–H and O–H groups in total. The van der Waals surface area contributed by atoms with Gasteiger partial charge in [-0.15, -0.1) is 14.8 Å². The van der Waals surface area contributed by atoms with Crippen LogP contribution in [0.25, 0.3) is 5.65 Å². The van der Waals surface area contributed by atoms with E-state index >= 15 is 0 Å². The normalized spacial score (nSPS) is 18.9. The lowest BCUT2D eigenvalue weighted by atomic mass is 9.93. The van der Waals surface area contributed by atoms with Crippen molar-refractivity contribution < 1.29 is 4.74 Å². The van der Waals surface area contributed by atoms with Crippen LogP contribution in [0.2, 0.25) is 0 Å². The molecule has 0 radical (unpaired) electrons. The van der Waals surface area contributed by atoms with E-state index in [9.17, 15) is 0 Å². The number of nitrogens with one attached hydrogen (secondary N) is 1. The predicted octanol–water partition coefficient (Wildman–Crippen LogP) is 0.746. The standard InChI is InChI=1S/C11H16N6O/c1-8(9-4-6-18-7-5-9)12-10-2-3-11-13-15-16-17(11)14-10/h2-3,8-9H,4-7H2,1H3,(H,12,14). The zero-order valence-corrected chi connectivity index (χ0v) is 10.3. The number of aromatic nitrogens is 5. The van der Waals surface area contributed by atoms with Crippen LogP contribution in [0.3, 0.4) is 0 Å². The summed E-state index contributed by atoms with van der Waals surface area (Å²) in [7, 11) is 0. The largest absolute Gasteiger partial charge is 0.381 e. The molecule has 3 rings (SSSR count). The molecule has 0 bridgehead atoms. The molecule has 1 aliphatic rings. The van der Waals surface area contributed by atoms with Crippen molar-refractivity contribution in [1.29, 1.82) is 0 Å². The molecule has 1 fully saturated rings. The number of hydrogen-bond acceptors (Lipinski definition) is 6. The average molecular weight is 248 g/mol. The molecule has 1 atom stereocenters. The second kappa shape index (κ2) is 4.85. The molecule has 1 aliphatic heterocycles. The molecule has 0 aliphatic carbocycles. The van der Waals surface area contributed by atoms with Gasteiger partial charge in [0.15, 0.2) is 5.65 Å². The number of tetrazole rings is 1. The van der Waals surface area contributed by atoms with E-state index in [1.807, 2.05) is 12.1 Å². The SMILES string of the molecule is CC(Nc1ccc2nnnn2n1)C1CCOCC1. The Balaban J connectivity index is 1.70. The summed E-state index contributed by atoms with van der Waals surface area (Å²) < 4.78 is 6.80. The van der Waals surface area contributed by atoms with Gasteiger partial charge >= 0.3 is 0 Å². The molecule has 0 saturated carbocycles. The van der Waals surface area contributed by atoms with Crippen LogP contribution < -0.4 is 5.32 Å². The minimum atomic E-state index is 0.371. The van der Waals surface area contributed by atoms with Crippen LogP contribution in [-0.2, 0) is 4.74 Å². The Kier molecular flexibility index (Phi) is 3.06. The fraction of sp³-hybridized carbons (Fsp3) is 0.636. The average Bonchev–Trinajstić information content (AvgIpc) is 2.87. The Morgan fingerprint density at radius 1 is 1.39 bits per heavy atom. The number of rotatable bonds is 3. The molecular formula is C11H16N6O. The first kappa shape index (κ1) is 11.3. The molecule has 7 heteroatoms. The van der Waals surface area contributed by atoms with Gasteiger partial charge in [0.2, 0.25) is 0 Å². The summed E-state index contributed by atoms with van der Waals surface area (Å²) in [6, 6.07) is 4.13. The van der Waals surface area contributed by atoms with Crippen molar-refractivity contribution >= 4 is 11.5 Å². The fourth-order valence-electron chi connectivity index (χ4n) is 2.29. The maximum absolute atomic E-state index is 5.37. The molecule has 1 saturated heterocycles. The lowest BCUT2D eigenvalue weighted by molar-refractivity contribution is 0.0622. The zero-order valence-electron chi connectivity index (χ0n) is 10.3. The van der Waals surface area contributed by atoms with Gasteiger partial charge in [0.05, 0.1) is 0 Å². The molecule has 18 heavy (non-hydrogen) atoms. The fourth-order valence-corrected chi connectivity index (χ4v) is 2.29. The van der Waals surface area contributed by atoms with Gasteiger partial charge in [-0.1, -0.05) is 0 Å². The van der Waals surface area contributed by atoms with Crippen LogP contribution in [0.1, 0.15) is 19.8 Å². The summed E-state index contributed by atoms with van der Waals surface area (Å²) in [5.74, 6) is 1.43. The van der Waals surface area contributed by atoms with Gasteiger partial charge in [-0.3, -0.25) is 0 Å². The van der Waals surface area contributed by atoms with Crippen LogP contribution in [0.4, 0.5) is 5.82 Å². The first-order valence-electron chi connectivity index (χ1n) is 6.22. The highest BCUT2D eigenvalue weighted by Gasteiger charge is 2.20. The minimum absolute atomic E-state index is 0.371. The Hall–Kier alpha value is -1.76. The third-order valence-electron chi connectivity index (χ3n) is 3.42. The highest BCUT2D eigenvalue weighted by molar-refractivity contribution is 5.42. The minimum Gasteiger partial charge on any atom is -0.381 e. The Bertz CT molecular complexity index is 521. The number of ether oxygens (including phenoxy) is 1. The van der Waals surface area contributed by atoms with Gasteiger partial charge in [-0.2, -0.15) is 0 Å². The Labute approximate surface area is 105 Å². The predicted molar refractivity (Wildman–Crippen MR) is 65.2 cm³/mol. The highest BCUT2D eigenvalue weighted by atomic mass is 16.5. The van der Waals surface area contributed by atoms with E-state index < -0.39 is 0 Å². The molecule has 0 amide bonds. The van der Waals surface area contributed by atoms with E-state index in [4.69, 9.17) is 4.74 Å². The van der Waals surface area contributed by atoms with Crippen molar-refractivity contribution in [2.24, 2.45) is 5.92 Å². The maximum atomic E-state index is 5.37. The number of anilines is 1. The number of hydrogen-bond donors (Lipinski definition) is 1. The second-order valence-corrected chi connectivity index (χ2v) is 4.63. The van der Waals surface area contributed by atoms with Gasteiger partial charge in [-0.25, -0.2) is 0 Å². The van der Waals surface area contributed by atoms with Gasteiger partial charge in [0, 0.05) is 19.3 Å². The van der Waals surface area contributed by atoms with Crippen LogP contribution in [0.5, 0.6) is 0 Å². The molecule has 7 nitrogen and oxygen atoms in total. The summed E-state index contributed by atoms with van der Waals surface area (Å²) >= 11 is 0. The highest BCUT2D eigenvalue weighted by Crippen LogP contribution is 2.21. The lowest BCUT2D eigenvalue weighted by Gasteiger charge is -2.28. The number of fused-ring (bicyclic) bond motifs is 1. The van der Waals surface area contributed by atoms with E-state index in [2.05, 4.69) is 32.9 Å². The van der Waals surface area contributed by atoms with Crippen molar-refractivity contribution in [2.45, 2.75) is 25.8 Å². The third-order valence-corrected chi connectivity index (χ3v) is 3.42. The van der Waals surface area contributed by atoms with E-state index in [0.29, 0.717) is 17.6 Å². The lowest BCUT2D eigenvalue weighted by Crippen LogP contribution is -2.31. The van der Waals surface area contributed by atoms with Crippen molar-refractivity contribution in [2.75, 3.05) is 18.5 Å². The monoisotopic (exact) mass is 248 g/mol. The van der Waals surface area contributed by atoms with Gasteiger partial charge in [0.1, 0.15) is 5.82 Å².